The van der Waals surface area contributed by atoms with E-state index in [1.54, 1.807) is 36.4 Å². The Morgan fingerprint density at radius 1 is 1.26 bits per heavy atom. The second kappa shape index (κ2) is 7.72. The summed E-state index contributed by atoms with van der Waals surface area (Å²) in [5, 5.41) is 2.89. The summed E-state index contributed by atoms with van der Waals surface area (Å²) in [7, 11) is 0. The molecule has 1 N–H and O–H groups in total. The molecule has 2 atom stereocenters. The maximum atomic E-state index is 12.2. The molecule has 138 valence electrons. The Kier molecular flexibility index (Phi) is 4.98. The first kappa shape index (κ1) is 17.4. The van der Waals surface area contributed by atoms with E-state index in [1.165, 1.54) is 0 Å². The predicted molar refractivity (Wildman–Crippen MR) is 101 cm³/mol. The number of fused-ring (bicyclic) bond motifs is 1. The molecule has 0 aromatic heterocycles. The molecule has 6 nitrogen and oxygen atoms in total. The van der Waals surface area contributed by atoms with E-state index in [4.69, 9.17) is 9.47 Å². The molecule has 1 fully saturated rings. The number of benzene rings is 1. The van der Waals surface area contributed by atoms with Crippen molar-refractivity contribution in [3.05, 3.63) is 65.5 Å². The lowest BCUT2D eigenvalue weighted by atomic mass is 10.1. The first-order valence-corrected chi connectivity index (χ1v) is 9.05. The normalized spacial score (nSPS) is 25.1. The number of aliphatic imine (C=N–C) groups is 1. The molecule has 27 heavy (non-hydrogen) atoms. The largest absolute Gasteiger partial charge is 0.474 e. The molecule has 6 heteroatoms. The summed E-state index contributed by atoms with van der Waals surface area (Å²) >= 11 is 0. The van der Waals surface area contributed by atoms with Crippen LogP contribution in [0.2, 0.25) is 0 Å². The number of allylic oxidation sites excluding steroid dienone is 2. The topological polar surface area (TPSA) is 77.0 Å². The van der Waals surface area contributed by atoms with Crippen LogP contribution in [0.4, 0.5) is 0 Å². The van der Waals surface area contributed by atoms with Crippen LogP contribution in [-0.2, 0) is 14.3 Å². The average Bonchev–Trinajstić information content (AvgIpc) is 3.21. The Morgan fingerprint density at radius 2 is 2.11 bits per heavy atom. The van der Waals surface area contributed by atoms with Gasteiger partial charge in [-0.05, 0) is 48.8 Å². The van der Waals surface area contributed by atoms with Gasteiger partial charge in [-0.3, -0.25) is 9.59 Å². The summed E-state index contributed by atoms with van der Waals surface area (Å²) in [6.45, 7) is 1.29. The smallest absolute Gasteiger partial charge is 0.312 e. The van der Waals surface area contributed by atoms with Crippen molar-refractivity contribution in [3.8, 4) is 0 Å². The molecule has 0 spiro atoms. The van der Waals surface area contributed by atoms with Gasteiger partial charge in [0.05, 0.1) is 11.8 Å². The Labute approximate surface area is 157 Å². The van der Waals surface area contributed by atoms with Crippen LogP contribution in [0.25, 0.3) is 6.08 Å². The zero-order valence-corrected chi connectivity index (χ0v) is 14.8. The highest BCUT2D eigenvalue weighted by atomic mass is 16.5. The number of hydrogen-bond donors (Lipinski definition) is 1. The van der Waals surface area contributed by atoms with Crippen molar-refractivity contribution in [2.24, 2.45) is 4.99 Å². The van der Waals surface area contributed by atoms with Gasteiger partial charge >= 0.3 is 5.91 Å². The van der Waals surface area contributed by atoms with Crippen LogP contribution in [0.3, 0.4) is 0 Å². The van der Waals surface area contributed by atoms with Crippen LogP contribution in [0.5, 0.6) is 0 Å². The molecular formula is C21H20N2O4. The molecule has 1 saturated heterocycles. The van der Waals surface area contributed by atoms with Gasteiger partial charge in [0.2, 0.25) is 0 Å². The van der Waals surface area contributed by atoms with Crippen molar-refractivity contribution in [1.82, 2.24) is 5.32 Å². The van der Waals surface area contributed by atoms with Gasteiger partial charge in [0.1, 0.15) is 0 Å². The molecule has 1 aromatic rings. The van der Waals surface area contributed by atoms with E-state index in [2.05, 4.69) is 10.3 Å². The monoisotopic (exact) mass is 364 g/mol. The average molecular weight is 364 g/mol. The maximum Gasteiger partial charge on any atom is 0.312 e. The number of hydrogen-bond acceptors (Lipinski definition) is 4. The van der Waals surface area contributed by atoms with Crippen LogP contribution in [-0.4, -0.2) is 42.9 Å². The molecule has 2 amide bonds. The van der Waals surface area contributed by atoms with Crippen molar-refractivity contribution in [3.63, 3.8) is 0 Å². The first-order chi connectivity index (χ1) is 13.2. The minimum absolute atomic E-state index is 0.113. The predicted octanol–water partition coefficient (Wildman–Crippen LogP) is 2.43. The summed E-state index contributed by atoms with van der Waals surface area (Å²) in [6.07, 6.45) is 10.8. The van der Waals surface area contributed by atoms with Crippen molar-refractivity contribution in [2.75, 3.05) is 13.2 Å². The molecule has 0 radical (unpaired) electrons. The number of nitrogens with zero attached hydrogens (tertiary/aromatic N) is 1. The highest BCUT2D eigenvalue weighted by Gasteiger charge is 2.26. The summed E-state index contributed by atoms with van der Waals surface area (Å²) in [5.41, 5.74) is 1.94. The maximum absolute atomic E-state index is 12.2. The first-order valence-electron chi connectivity index (χ1n) is 9.05. The molecule has 1 aromatic carbocycles. The summed E-state index contributed by atoms with van der Waals surface area (Å²) < 4.78 is 11.2. The van der Waals surface area contributed by atoms with Crippen LogP contribution in [0.1, 0.15) is 28.8 Å². The van der Waals surface area contributed by atoms with Gasteiger partial charge in [0.25, 0.3) is 5.91 Å². The van der Waals surface area contributed by atoms with E-state index in [9.17, 15) is 9.59 Å². The molecule has 4 rings (SSSR count). The van der Waals surface area contributed by atoms with Gasteiger partial charge in [0, 0.05) is 18.7 Å². The van der Waals surface area contributed by atoms with Crippen molar-refractivity contribution in [2.45, 2.75) is 25.0 Å². The Bertz CT molecular complexity index is 859. The van der Waals surface area contributed by atoms with Crippen molar-refractivity contribution >= 4 is 23.6 Å². The number of nitrogens with one attached hydrogen (secondary N) is 1. The van der Waals surface area contributed by atoms with Crippen LogP contribution in [0.15, 0.2) is 59.3 Å². The SMILES string of the molecule is O=C1N=C2C=CC=CC2O/C1=C\c1ccc(C(=O)NCC2CCCO2)cc1. The van der Waals surface area contributed by atoms with Crippen LogP contribution in [0, 0.1) is 0 Å². The minimum atomic E-state index is -0.403. The van der Waals surface area contributed by atoms with E-state index in [0.717, 1.165) is 25.0 Å². The summed E-state index contributed by atoms with van der Waals surface area (Å²) in [5.74, 6) is -0.345. The van der Waals surface area contributed by atoms with Crippen LogP contribution >= 0.6 is 0 Å². The molecule has 0 saturated carbocycles. The molecule has 3 aliphatic rings. The van der Waals surface area contributed by atoms with Crippen molar-refractivity contribution in [1.29, 1.82) is 0 Å². The third-order valence-electron chi connectivity index (χ3n) is 4.64. The fraction of sp³-hybridized carbons (Fsp3) is 0.286. The van der Waals surface area contributed by atoms with Gasteiger partial charge < -0.3 is 14.8 Å². The molecular weight excluding hydrogens is 344 g/mol. The Balaban J connectivity index is 1.41. The van der Waals surface area contributed by atoms with Gasteiger partial charge in [0.15, 0.2) is 11.9 Å². The standard InChI is InChI=1S/C21H20N2O4/c24-20(22-13-16-4-3-11-26-16)15-9-7-14(8-10-15)12-19-21(25)23-17-5-1-2-6-18(17)27-19/h1-2,5-10,12,16,18H,3-4,11,13H2,(H,22,24)/b19-12-. The van der Waals surface area contributed by atoms with E-state index in [0.29, 0.717) is 17.8 Å². The number of ether oxygens (including phenoxy) is 2. The van der Waals surface area contributed by atoms with Gasteiger partial charge in [-0.15, -0.1) is 0 Å². The van der Waals surface area contributed by atoms with Gasteiger partial charge in [-0.1, -0.05) is 24.3 Å². The third kappa shape index (κ3) is 4.06. The van der Waals surface area contributed by atoms with Crippen LogP contribution < -0.4 is 5.32 Å². The number of amides is 2. The molecule has 2 aliphatic heterocycles. The highest BCUT2D eigenvalue weighted by molar-refractivity contribution is 6.13. The quantitative estimate of drug-likeness (QED) is 0.833. The summed E-state index contributed by atoms with van der Waals surface area (Å²) in [6, 6.07) is 7.01. The summed E-state index contributed by atoms with van der Waals surface area (Å²) in [4.78, 5) is 28.4. The second-order valence-corrected chi connectivity index (χ2v) is 6.60. The number of carbonyl (C=O) groups excluding carboxylic acids is 2. The van der Waals surface area contributed by atoms with E-state index >= 15 is 0 Å². The zero-order valence-electron chi connectivity index (χ0n) is 14.8. The molecule has 1 aliphatic carbocycles. The fourth-order valence-electron chi connectivity index (χ4n) is 3.16. The Morgan fingerprint density at radius 3 is 2.89 bits per heavy atom. The van der Waals surface area contributed by atoms with E-state index in [1.807, 2.05) is 18.2 Å². The molecule has 2 unspecified atom stereocenters. The molecule has 2 heterocycles. The lowest BCUT2D eigenvalue weighted by Crippen LogP contribution is -2.31. The fourth-order valence-corrected chi connectivity index (χ4v) is 3.16. The van der Waals surface area contributed by atoms with Gasteiger partial charge in [-0.2, -0.15) is 0 Å². The van der Waals surface area contributed by atoms with Gasteiger partial charge in [-0.25, -0.2) is 4.99 Å². The number of rotatable bonds is 4. The zero-order chi connectivity index (χ0) is 18.6. The van der Waals surface area contributed by atoms with E-state index < -0.39 is 5.91 Å². The van der Waals surface area contributed by atoms with E-state index in [-0.39, 0.29) is 23.9 Å². The third-order valence-corrected chi connectivity index (χ3v) is 4.64. The van der Waals surface area contributed by atoms with Crippen molar-refractivity contribution < 1.29 is 19.1 Å². The molecule has 0 bridgehead atoms. The lowest BCUT2D eigenvalue weighted by molar-refractivity contribution is -0.118. The minimum Gasteiger partial charge on any atom is -0.474 e. The number of carbonyl (C=O) groups is 2. The highest BCUT2D eigenvalue weighted by Crippen LogP contribution is 2.20. The lowest BCUT2D eigenvalue weighted by Gasteiger charge is -2.22. The second-order valence-electron chi connectivity index (χ2n) is 6.60. The Hall–Kier alpha value is -2.99.